The van der Waals surface area contributed by atoms with Crippen LogP contribution < -0.4 is 4.90 Å². The number of rotatable bonds is 5. The van der Waals surface area contributed by atoms with Crippen LogP contribution in [0.4, 0.5) is 0 Å². The molecule has 104 valence electrons. The van der Waals surface area contributed by atoms with Crippen LogP contribution in [0.1, 0.15) is 37.1 Å². The van der Waals surface area contributed by atoms with Crippen molar-refractivity contribution < 1.29 is 9.64 Å². The minimum atomic E-state index is 0.662. The summed E-state index contributed by atoms with van der Waals surface area (Å²) in [6.45, 7) is 5.66. The minimum Gasteiger partial charge on any atom is -0.496 e. The largest absolute Gasteiger partial charge is 0.496 e. The van der Waals surface area contributed by atoms with Gasteiger partial charge in [-0.3, -0.25) is 0 Å². The SMILES string of the molecule is COC1=CCC=Cc2[nH]cc(CC[NH+](C)C(C)C)c21. The number of methoxy groups -OCH3 is 1. The van der Waals surface area contributed by atoms with Gasteiger partial charge in [-0.2, -0.15) is 0 Å². The smallest absolute Gasteiger partial charge is 0.124 e. The first-order chi connectivity index (χ1) is 9.13. The summed E-state index contributed by atoms with van der Waals surface area (Å²) in [5.74, 6) is 0.999. The van der Waals surface area contributed by atoms with Crippen molar-refractivity contribution in [3.05, 3.63) is 35.2 Å². The summed E-state index contributed by atoms with van der Waals surface area (Å²) in [5.41, 5.74) is 3.77. The third-order valence-corrected chi connectivity index (χ3v) is 3.96. The van der Waals surface area contributed by atoms with Gasteiger partial charge in [-0.05, 0) is 38.0 Å². The molecule has 1 aromatic rings. The lowest BCUT2D eigenvalue weighted by atomic mass is 10.1. The number of hydrogen-bond donors (Lipinski definition) is 2. The van der Waals surface area contributed by atoms with Crippen LogP contribution in [-0.4, -0.2) is 31.7 Å². The Hall–Kier alpha value is -1.48. The summed E-state index contributed by atoms with van der Waals surface area (Å²) in [5, 5.41) is 0. The summed E-state index contributed by atoms with van der Waals surface area (Å²) in [7, 11) is 4.01. The second-order valence-corrected chi connectivity index (χ2v) is 5.51. The lowest BCUT2D eigenvalue weighted by Gasteiger charge is -2.18. The molecule has 1 aliphatic carbocycles. The number of fused-ring (bicyclic) bond motifs is 1. The van der Waals surface area contributed by atoms with Crippen molar-refractivity contribution in [2.24, 2.45) is 0 Å². The molecule has 1 unspecified atom stereocenters. The summed E-state index contributed by atoms with van der Waals surface area (Å²) in [6.07, 6.45) is 10.6. The Kier molecular flexibility index (Phi) is 4.48. The third-order valence-electron chi connectivity index (χ3n) is 3.96. The number of likely N-dealkylation sites (N-methyl/N-ethyl adjacent to an activating group) is 1. The maximum atomic E-state index is 5.55. The van der Waals surface area contributed by atoms with E-state index in [1.807, 2.05) is 0 Å². The molecular formula is C16H25N2O+. The molecule has 1 atom stereocenters. The highest BCUT2D eigenvalue weighted by Gasteiger charge is 2.17. The molecule has 0 spiro atoms. The number of quaternary nitrogens is 1. The molecule has 1 aromatic heterocycles. The second kappa shape index (κ2) is 6.11. The molecule has 19 heavy (non-hydrogen) atoms. The molecule has 0 saturated heterocycles. The van der Waals surface area contributed by atoms with Crippen LogP contribution in [0.2, 0.25) is 0 Å². The highest BCUT2D eigenvalue weighted by atomic mass is 16.5. The first-order valence-electron chi connectivity index (χ1n) is 7.07. The monoisotopic (exact) mass is 261 g/mol. The molecule has 0 bridgehead atoms. The molecule has 1 aliphatic rings. The fourth-order valence-electron chi connectivity index (χ4n) is 2.37. The zero-order valence-electron chi connectivity index (χ0n) is 12.4. The van der Waals surface area contributed by atoms with E-state index in [2.05, 4.69) is 50.3 Å². The third kappa shape index (κ3) is 3.10. The van der Waals surface area contributed by atoms with Crippen LogP contribution in [0.15, 0.2) is 18.3 Å². The molecule has 0 saturated carbocycles. The summed E-state index contributed by atoms with van der Waals surface area (Å²) >= 11 is 0. The highest BCUT2D eigenvalue weighted by molar-refractivity contribution is 5.73. The first-order valence-corrected chi connectivity index (χ1v) is 7.07. The number of aromatic nitrogens is 1. The maximum Gasteiger partial charge on any atom is 0.124 e. The van der Waals surface area contributed by atoms with Crippen LogP contribution in [0.3, 0.4) is 0 Å². The maximum absolute atomic E-state index is 5.55. The summed E-state index contributed by atoms with van der Waals surface area (Å²) in [6, 6.07) is 0.662. The van der Waals surface area contributed by atoms with E-state index in [1.165, 1.54) is 16.8 Å². The van der Waals surface area contributed by atoms with Crippen molar-refractivity contribution in [2.75, 3.05) is 20.7 Å². The molecule has 3 heteroatoms. The average Bonchev–Trinajstić information content (AvgIpc) is 2.67. The van der Waals surface area contributed by atoms with Gasteiger partial charge in [0.25, 0.3) is 0 Å². The highest BCUT2D eigenvalue weighted by Crippen LogP contribution is 2.28. The van der Waals surface area contributed by atoms with E-state index >= 15 is 0 Å². The van der Waals surface area contributed by atoms with Gasteiger partial charge in [0.05, 0.1) is 26.7 Å². The average molecular weight is 261 g/mol. The molecule has 0 fully saturated rings. The molecule has 0 aromatic carbocycles. The van der Waals surface area contributed by atoms with Gasteiger partial charge < -0.3 is 14.6 Å². The van der Waals surface area contributed by atoms with Crippen LogP contribution in [0, 0.1) is 0 Å². The molecular weight excluding hydrogens is 236 g/mol. The molecule has 2 N–H and O–H groups in total. The summed E-state index contributed by atoms with van der Waals surface area (Å²) < 4.78 is 5.55. The number of ether oxygens (including phenoxy) is 1. The quantitative estimate of drug-likeness (QED) is 0.833. The number of allylic oxidation sites excluding steroid dienone is 2. The number of nitrogens with one attached hydrogen (secondary N) is 2. The van der Waals surface area contributed by atoms with Crippen molar-refractivity contribution in [3.63, 3.8) is 0 Å². The normalized spacial score (nSPS) is 15.9. The Labute approximate surface area is 116 Å². The molecule has 0 amide bonds. The van der Waals surface area contributed by atoms with Crippen molar-refractivity contribution in [2.45, 2.75) is 32.7 Å². The standard InChI is InChI=1S/C16H24N2O/c1-12(2)18(3)10-9-13-11-17-14-7-5-6-8-15(19-4)16(13)14/h5,7-8,11-12,17H,6,9-10H2,1-4H3/p+1. The Balaban J connectivity index is 2.19. The van der Waals surface area contributed by atoms with Gasteiger partial charge in [0.15, 0.2) is 0 Å². The van der Waals surface area contributed by atoms with E-state index < -0.39 is 0 Å². The fraction of sp³-hybridized carbons (Fsp3) is 0.500. The van der Waals surface area contributed by atoms with Gasteiger partial charge in [0, 0.05) is 23.9 Å². The van der Waals surface area contributed by atoms with Crippen LogP contribution in [0.25, 0.3) is 11.8 Å². The minimum absolute atomic E-state index is 0.662. The Bertz CT molecular complexity index is 483. The lowest BCUT2D eigenvalue weighted by molar-refractivity contribution is -0.901. The van der Waals surface area contributed by atoms with Gasteiger partial charge in [-0.1, -0.05) is 6.08 Å². The number of H-pyrrole nitrogens is 1. The van der Waals surface area contributed by atoms with E-state index in [1.54, 1.807) is 12.0 Å². The van der Waals surface area contributed by atoms with E-state index in [0.29, 0.717) is 6.04 Å². The van der Waals surface area contributed by atoms with Gasteiger partial charge in [-0.15, -0.1) is 0 Å². The zero-order chi connectivity index (χ0) is 13.8. The lowest BCUT2D eigenvalue weighted by Crippen LogP contribution is -3.12. The zero-order valence-corrected chi connectivity index (χ0v) is 12.4. The topological polar surface area (TPSA) is 29.5 Å². The number of aromatic amines is 1. The number of hydrogen-bond acceptors (Lipinski definition) is 1. The van der Waals surface area contributed by atoms with Crippen LogP contribution >= 0.6 is 0 Å². The Morgan fingerprint density at radius 1 is 1.42 bits per heavy atom. The van der Waals surface area contributed by atoms with E-state index in [4.69, 9.17) is 4.74 Å². The van der Waals surface area contributed by atoms with E-state index in [-0.39, 0.29) is 0 Å². The Morgan fingerprint density at radius 2 is 2.21 bits per heavy atom. The fourth-order valence-corrected chi connectivity index (χ4v) is 2.37. The van der Waals surface area contributed by atoms with Crippen molar-refractivity contribution >= 4 is 11.8 Å². The second-order valence-electron chi connectivity index (χ2n) is 5.51. The molecule has 0 aliphatic heterocycles. The molecule has 0 radical (unpaired) electrons. The predicted molar refractivity (Wildman–Crippen MR) is 80.0 cm³/mol. The first kappa shape index (κ1) is 13.9. The van der Waals surface area contributed by atoms with Crippen molar-refractivity contribution in [1.82, 2.24) is 4.98 Å². The van der Waals surface area contributed by atoms with Gasteiger partial charge in [0.2, 0.25) is 0 Å². The van der Waals surface area contributed by atoms with E-state index in [9.17, 15) is 0 Å². The van der Waals surface area contributed by atoms with Crippen LogP contribution in [0.5, 0.6) is 0 Å². The molecule has 1 heterocycles. The molecule has 3 nitrogen and oxygen atoms in total. The van der Waals surface area contributed by atoms with E-state index in [0.717, 1.165) is 25.1 Å². The molecule has 2 rings (SSSR count). The van der Waals surface area contributed by atoms with Gasteiger partial charge in [0.1, 0.15) is 5.76 Å². The van der Waals surface area contributed by atoms with Crippen LogP contribution in [-0.2, 0) is 11.2 Å². The van der Waals surface area contributed by atoms with Gasteiger partial charge in [-0.25, -0.2) is 0 Å². The van der Waals surface area contributed by atoms with Gasteiger partial charge >= 0.3 is 0 Å². The van der Waals surface area contributed by atoms with Crippen molar-refractivity contribution in [3.8, 4) is 0 Å². The Morgan fingerprint density at radius 3 is 2.89 bits per heavy atom. The van der Waals surface area contributed by atoms with Crippen molar-refractivity contribution in [1.29, 1.82) is 0 Å². The predicted octanol–water partition coefficient (Wildman–Crippen LogP) is 1.88. The summed E-state index contributed by atoms with van der Waals surface area (Å²) in [4.78, 5) is 4.92.